The first-order valence-corrected chi connectivity index (χ1v) is 12.5. The number of nitro benzene ring substituents is 1. The van der Waals surface area contributed by atoms with Gasteiger partial charge in [-0.1, -0.05) is 30.3 Å². The fourth-order valence-corrected chi connectivity index (χ4v) is 6.16. The smallest absolute Gasteiger partial charge is 0.269 e. The fourth-order valence-electron chi connectivity index (χ4n) is 5.59. The number of likely N-dealkylation sites (tertiary alicyclic amines) is 1. The molecule has 0 bridgehead atoms. The Kier molecular flexibility index (Phi) is 6.53. The minimum atomic E-state index is -1.46. The minimum Gasteiger partial charge on any atom is -0.493 e. The summed E-state index contributed by atoms with van der Waals surface area (Å²) in [5, 5.41) is 26.5. The summed E-state index contributed by atoms with van der Waals surface area (Å²) in [5.41, 5.74) is 0.854. The van der Waals surface area contributed by atoms with Crippen molar-refractivity contribution >= 4 is 33.2 Å². The first kappa shape index (κ1) is 25.6. The zero-order valence-corrected chi connectivity index (χ0v) is 22.0. The van der Waals surface area contributed by atoms with Crippen LogP contribution in [-0.2, 0) is 16.9 Å². The second-order valence-electron chi connectivity index (χ2n) is 9.23. The second-order valence-corrected chi connectivity index (χ2v) is 10.1. The Bertz CT molecular complexity index is 1470. The number of para-hydroxylation sites is 1. The van der Waals surface area contributed by atoms with Gasteiger partial charge in [-0.25, -0.2) is 0 Å². The minimum absolute atomic E-state index is 0.0414. The van der Waals surface area contributed by atoms with Gasteiger partial charge in [0.1, 0.15) is 6.61 Å². The monoisotopic (exact) mass is 582 g/mol. The number of benzene rings is 3. The lowest BCUT2D eigenvalue weighted by Gasteiger charge is -2.30. The summed E-state index contributed by atoms with van der Waals surface area (Å²) in [4.78, 5) is 37.9. The number of nitrogens with one attached hydrogen (secondary N) is 1. The molecule has 0 aromatic heterocycles. The average Bonchev–Trinajstić information content (AvgIpc) is 3.37. The molecule has 0 aliphatic carbocycles. The lowest BCUT2D eigenvalue weighted by atomic mass is 9.79. The molecule has 1 N–H and O–H groups in total. The van der Waals surface area contributed by atoms with E-state index in [2.05, 4.69) is 21.2 Å². The van der Waals surface area contributed by atoms with E-state index in [1.54, 1.807) is 60.5 Å². The topological polar surface area (TPSA) is 137 Å². The quantitative estimate of drug-likeness (QED) is 0.318. The summed E-state index contributed by atoms with van der Waals surface area (Å²) >= 11 is 3.51. The number of rotatable bonds is 7. The summed E-state index contributed by atoms with van der Waals surface area (Å²) in [6.45, 7) is 0.302. The number of ether oxygens (including phenoxy) is 2. The highest BCUT2D eigenvalue weighted by molar-refractivity contribution is 9.10. The number of anilines is 1. The molecule has 0 unspecified atom stereocenters. The number of likely N-dealkylation sites (N-methyl/N-ethyl adjacent to an activating group) is 1. The van der Waals surface area contributed by atoms with Gasteiger partial charge in [0, 0.05) is 34.9 Å². The van der Waals surface area contributed by atoms with Crippen LogP contribution in [0.5, 0.6) is 11.5 Å². The van der Waals surface area contributed by atoms with Crippen LogP contribution in [0.25, 0.3) is 0 Å². The van der Waals surface area contributed by atoms with E-state index in [0.29, 0.717) is 38.3 Å². The molecule has 3 aromatic rings. The Morgan fingerprint density at radius 1 is 1.13 bits per heavy atom. The first-order valence-electron chi connectivity index (χ1n) is 11.7. The van der Waals surface area contributed by atoms with E-state index >= 15 is 0 Å². The lowest BCUT2D eigenvalue weighted by Crippen LogP contribution is -2.54. The normalized spacial score (nSPS) is 22.2. The number of hydrogen-bond acceptors (Lipinski definition) is 8. The highest BCUT2D eigenvalue weighted by Crippen LogP contribution is 2.53. The molecule has 38 heavy (non-hydrogen) atoms. The van der Waals surface area contributed by atoms with Crippen molar-refractivity contribution in [2.45, 2.75) is 24.1 Å². The number of methoxy groups -OCH3 is 1. The van der Waals surface area contributed by atoms with Gasteiger partial charge < -0.3 is 14.8 Å². The molecule has 2 aliphatic heterocycles. The highest BCUT2D eigenvalue weighted by Gasteiger charge is 2.68. The Morgan fingerprint density at radius 2 is 1.89 bits per heavy atom. The van der Waals surface area contributed by atoms with Gasteiger partial charge in [-0.15, -0.1) is 0 Å². The molecule has 3 aromatic carbocycles. The summed E-state index contributed by atoms with van der Waals surface area (Å²) < 4.78 is 12.0. The summed E-state index contributed by atoms with van der Waals surface area (Å²) in [6, 6.07) is 15.3. The molecule has 0 radical (unpaired) electrons. The van der Waals surface area contributed by atoms with Gasteiger partial charge >= 0.3 is 0 Å². The molecule has 11 nitrogen and oxygen atoms in total. The number of carbonyl (C=O) groups is 1. The van der Waals surface area contributed by atoms with E-state index in [1.807, 2.05) is 0 Å². The molecule has 2 heterocycles. The first-order chi connectivity index (χ1) is 18.2. The van der Waals surface area contributed by atoms with Crippen LogP contribution < -0.4 is 14.8 Å². The van der Waals surface area contributed by atoms with Crippen molar-refractivity contribution in [2.24, 2.45) is 0 Å². The van der Waals surface area contributed by atoms with E-state index in [1.165, 1.54) is 19.2 Å². The van der Waals surface area contributed by atoms with Gasteiger partial charge in [-0.05, 0) is 52.3 Å². The van der Waals surface area contributed by atoms with Crippen molar-refractivity contribution in [3.63, 3.8) is 0 Å². The molecule has 1 fully saturated rings. The molecule has 1 amide bonds. The molecule has 5 rings (SSSR count). The van der Waals surface area contributed by atoms with Crippen molar-refractivity contribution in [3.05, 3.63) is 102 Å². The predicted molar refractivity (Wildman–Crippen MR) is 141 cm³/mol. The molecule has 2 aliphatic rings. The van der Waals surface area contributed by atoms with E-state index < -0.39 is 28.3 Å². The third-order valence-electron chi connectivity index (χ3n) is 7.23. The van der Waals surface area contributed by atoms with Gasteiger partial charge in [-0.2, -0.15) is 0 Å². The number of non-ortho nitro benzene ring substituents is 1. The standard InChI is InChI=1S/C26H23BrN4O7/c1-29-13-18(24(31(35)36)26(29)19-8-3-4-9-21(19)28-25(26)32)16-11-20(27)23(22(12-16)37-2)38-14-15-6-5-7-17(10-15)30(33)34/h3-12,18,24H,13-14H2,1-2H3,(H,28,32)/t18-,24-,26-/m0/s1. The summed E-state index contributed by atoms with van der Waals surface area (Å²) in [5.74, 6) is -0.372. The van der Waals surface area contributed by atoms with Crippen LogP contribution in [-0.4, -0.2) is 47.4 Å². The van der Waals surface area contributed by atoms with E-state index in [9.17, 15) is 25.0 Å². The molecule has 1 saturated heterocycles. The maximum atomic E-state index is 13.3. The fraction of sp³-hybridized carbons (Fsp3) is 0.269. The van der Waals surface area contributed by atoms with E-state index in [-0.39, 0.29) is 23.8 Å². The number of fused-ring (bicyclic) bond motifs is 2. The third-order valence-corrected chi connectivity index (χ3v) is 7.81. The van der Waals surface area contributed by atoms with Crippen molar-refractivity contribution in [3.8, 4) is 11.5 Å². The lowest BCUT2D eigenvalue weighted by molar-refractivity contribution is -0.534. The number of nitro groups is 2. The van der Waals surface area contributed by atoms with E-state index in [0.717, 1.165) is 0 Å². The SMILES string of the molecule is COc1cc([C@@H]2CN(C)[C@]3(C(=O)Nc4ccccc43)[C@H]2[N+](=O)[O-])cc(Br)c1OCc1cccc([N+](=O)[O-])c1. The highest BCUT2D eigenvalue weighted by atomic mass is 79.9. The number of amides is 1. The number of nitrogens with zero attached hydrogens (tertiary/aromatic N) is 3. The average molecular weight is 583 g/mol. The van der Waals surface area contributed by atoms with Gasteiger partial charge in [0.15, 0.2) is 17.0 Å². The van der Waals surface area contributed by atoms with Crippen LogP contribution in [0.1, 0.15) is 22.6 Å². The van der Waals surface area contributed by atoms with Gasteiger partial charge in [0.25, 0.3) is 17.6 Å². The number of hydrogen-bond donors (Lipinski definition) is 1. The third kappa shape index (κ3) is 3.96. The molecule has 12 heteroatoms. The Morgan fingerprint density at radius 3 is 2.61 bits per heavy atom. The molecule has 0 saturated carbocycles. The van der Waals surface area contributed by atoms with Crippen LogP contribution in [0, 0.1) is 20.2 Å². The van der Waals surface area contributed by atoms with Crippen molar-refractivity contribution in [2.75, 3.05) is 26.0 Å². The Labute approximate surface area is 225 Å². The largest absolute Gasteiger partial charge is 0.493 e. The summed E-state index contributed by atoms with van der Waals surface area (Å²) in [7, 11) is 3.18. The van der Waals surface area contributed by atoms with Gasteiger partial charge in [0.05, 0.1) is 22.4 Å². The molecule has 1 spiro atoms. The van der Waals surface area contributed by atoms with Crippen molar-refractivity contribution in [1.82, 2.24) is 4.90 Å². The van der Waals surface area contributed by atoms with Crippen molar-refractivity contribution in [1.29, 1.82) is 0 Å². The van der Waals surface area contributed by atoms with Gasteiger partial charge in [-0.3, -0.25) is 29.9 Å². The molecular weight excluding hydrogens is 560 g/mol. The molecule has 196 valence electrons. The number of halogens is 1. The van der Waals surface area contributed by atoms with Crippen LogP contribution in [0.2, 0.25) is 0 Å². The zero-order valence-electron chi connectivity index (χ0n) is 20.4. The maximum Gasteiger partial charge on any atom is 0.269 e. The Hall–Kier alpha value is -4.03. The number of carbonyl (C=O) groups excluding carboxylic acids is 1. The van der Waals surface area contributed by atoms with Crippen LogP contribution in [0.3, 0.4) is 0 Å². The van der Waals surface area contributed by atoms with E-state index in [4.69, 9.17) is 9.47 Å². The van der Waals surface area contributed by atoms with Gasteiger partial charge in [0.2, 0.25) is 0 Å². The summed E-state index contributed by atoms with van der Waals surface area (Å²) in [6.07, 6.45) is 0. The second kappa shape index (κ2) is 9.69. The van der Waals surface area contributed by atoms with Crippen LogP contribution in [0.15, 0.2) is 65.1 Å². The van der Waals surface area contributed by atoms with Crippen LogP contribution >= 0.6 is 15.9 Å². The molecule has 3 atom stereocenters. The Balaban J connectivity index is 1.50. The zero-order chi connectivity index (χ0) is 27.2. The van der Waals surface area contributed by atoms with Crippen LogP contribution in [0.4, 0.5) is 11.4 Å². The molecular formula is C26H23BrN4O7. The van der Waals surface area contributed by atoms with Crippen molar-refractivity contribution < 1.29 is 24.1 Å². The maximum absolute atomic E-state index is 13.3. The predicted octanol–water partition coefficient (Wildman–Crippen LogP) is 4.47.